The maximum absolute atomic E-state index is 7.81. The topological polar surface area (TPSA) is 44.5 Å². The number of rotatable bonds is 21. The quantitative estimate of drug-likeness (QED) is 0.0711. The van der Waals surface area contributed by atoms with Crippen molar-refractivity contribution in [2.45, 2.75) is 130 Å². The van der Waals surface area contributed by atoms with E-state index < -0.39 is 5.54 Å². The van der Waals surface area contributed by atoms with Crippen LogP contribution in [0.3, 0.4) is 0 Å². The summed E-state index contributed by atoms with van der Waals surface area (Å²) in [5, 5.41) is 4.31. The van der Waals surface area contributed by atoms with Crippen LogP contribution in [-0.4, -0.2) is 12.6 Å². The molecule has 0 fully saturated rings. The van der Waals surface area contributed by atoms with E-state index in [-0.39, 0.29) is 6.04 Å². The average Bonchev–Trinajstić information content (AvgIpc) is 3.55. The van der Waals surface area contributed by atoms with Crippen LogP contribution in [0.1, 0.15) is 124 Å². The predicted octanol–water partition coefficient (Wildman–Crippen LogP) is 15.7. The van der Waals surface area contributed by atoms with Crippen molar-refractivity contribution in [3.63, 3.8) is 0 Å². The first-order valence-corrected chi connectivity index (χ1v) is 23.4. The van der Waals surface area contributed by atoms with Gasteiger partial charge in [0.15, 0.2) is 0 Å². The van der Waals surface area contributed by atoms with Gasteiger partial charge >= 0.3 is 0 Å². The highest BCUT2D eigenvalue weighted by molar-refractivity contribution is 5.89. The van der Waals surface area contributed by atoms with Crippen LogP contribution in [0.5, 0.6) is 0 Å². The van der Waals surface area contributed by atoms with Crippen molar-refractivity contribution in [1.29, 1.82) is 0 Å². The summed E-state index contributed by atoms with van der Waals surface area (Å²) < 4.78 is 0. The minimum atomic E-state index is -0.594. The molecule has 0 aromatic heterocycles. The predicted molar refractivity (Wildman–Crippen MR) is 264 cm³/mol. The molecule has 4 heteroatoms. The molecule has 61 heavy (non-hydrogen) atoms. The number of benzene rings is 6. The van der Waals surface area contributed by atoms with Crippen molar-refractivity contribution in [1.82, 2.24) is 5.32 Å². The molecule has 0 spiro atoms. The zero-order valence-corrected chi connectivity index (χ0v) is 37.9. The van der Waals surface area contributed by atoms with E-state index in [2.05, 4.69) is 190 Å². The Hall–Kier alpha value is -5.16. The number of anilines is 6. The molecule has 1 aliphatic carbocycles. The Labute approximate surface area is 368 Å². The van der Waals surface area contributed by atoms with Crippen LogP contribution in [0.4, 0.5) is 34.1 Å². The van der Waals surface area contributed by atoms with E-state index in [9.17, 15) is 0 Å². The Morgan fingerprint density at radius 1 is 0.426 bits per heavy atom. The van der Waals surface area contributed by atoms with Gasteiger partial charge in [0.1, 0.15) is 0 Å². The Balaban J connectivity index is 1.41. The summed E-state index contributed by atoms with van der Waals surface area (Å²) in [6.45, 7) is 14.1. The standard InChI is InChI=1S/C57H70N4/c1-7-9-11-13-15-17-39-59-57(56(58)18-16-14-12-10-8-2)54-40-50(60(46-27-19-42(3)20-28-46)47-29-21-43(4)22-30-47)35-37-52(54)53-38-36-51(41-55(53)57)61(48-31-23-44(5)24-32-48)49-33-25-45(6)26-34-49/h19-38,40-41,56,59H,7-18,39,58H2,1-6H3. The molecule has 7 rings (SSSR count). The maximum atomic E-state index is 7.81. The highest BCUT2D eigenvalue weighted by atomic mass is 15.2. The Kier molecular flexibility index (Phi) is 14.8. The third kappa shape index (κ3) is 9.98. The van der Waals surface area contributed by atoms with Gasteiger partial charge in [-0.25, -0.2) is 0 Å². The largest absolute Gasteiger partial charge is 0.326 e. The average molecular weight is 811 g/mol. The molecule has 0 bridgehead atoms. The third-order valence-corrected chi connectivity index (χ3v) is 12.9. The van der Waals surface area contributed by atoms with Crippen LogP contribution in [0, 0.1) is 27.7 Å². The van der Waals surface area contributed by atoms with Crippen molar-refractivity contribution < 1.29 is 0 Å². The monoisotopic (exact) mass is 811 g/mol. The molecule has 6 aromatic rings. The second-order valence-electron chi connectivity index (χ2n) is 17.8. The minimum Gasteiger partial charge on any atom is -0.326 e. The first-order valence-electron chi connectivity index (χ1n) is 23.4. The van der Waals surface area contributed by atoms with E-state index in [4.69, 9.17) is 5.73 Å². The number of nitrogens with two attached hydrogens (primary N) is 1. The summed E-state index contributed by atoms with van der Waals surface area (Å²) in [6.07, 6.45) is 14.5. The van der Waals surface area contributed by atoms with Crippen LogP contribution >= 0.6 is 0 Å². The number of aryl methyl sites for hydroxylation is 4. The van der Waals surface area contributed by atoms with Gasteiger partial charge in [-0.05, 0) is 142 Å². The van der Waals surface area contributed by atoms with Gasteiger partial charge in [0, 0.05) is 40.2 Å². The number of unbranched alkanes of at least 4 members (excludes halogenated alkanes) is 9. The van der Waals surface area contributed by atoms with Gasteiger partial charge in [0.05, 0.1) is 5.54 Å². The van der Waals surface area contributed by atoms with Gasteiger partial charge in [0.2, 0.25) is 0 Å². The van der Waals surface area contributed by atoms with Crippen molar-refractivity contribution in [2.75, 3.05) is 16.3 Å². The highest BCUT2D eigenvalue weighted by Crippen LogP contribution is 2.53. The van der Waals surface area contributed by atoms with Gasteiger partial charge in [-0.15, -0.1) is 0 Å². The molecule has 0 saturated heterocycles. The second kappa shape index (κ2) is 20.6. The smallest absolute Gasteiger partial charge is 0.0857 e. The summed E-state index contributed by atoms with van der Waals surface area (Å²) >= 11 is 0. The maximum Gasteiger partial charge on any atom is 0.0857 e. The third-order valence-electron chi connectivity index (χ3n) is 12.9. The molecule has 1 unspecified atom stereocenters. The second-order valence-corrected chi connectivity index (χ2v) is 17.8. The number of fused-ring (bicyclic) bond motifs is 3. The number of hydrogen-bond donors (Lipinski definition) is 2. The first kappa shape index (κ1) is 43.9. The van der Waals surface area contributed by atoms with Gasteiger partial charge in [-0.1, -0.05) is 161 Å². The lowest BCUT2D eigenvalue weighted by molar-refractivity contribution is 0.310. The number of hydrogen-bond acceptors (Lipinski definition) is 4. The molecule has 318 valence electrons. The molecule has 0 amide bonds. The lowest BCUT2D eigenvalue weighted by atomic mass is 9.78. The summed E-state index contributed by atoms with van der Waals surface area (Å²) in [5.41, 5.74) is 24.2. The lowest BCUT2D eigenvalue weighted by Gasteiger charge is -2.40. The van der Waals surface area contributed by atoms with E-state index in [1.54, 1.807) is 0 Å². The van der Waals surface area contributed by atoms with Gasteiger partial charge in [-0.3, -0.25) is 0 Å². The molecule has 4 nitrogen and oxygen atoms in total. The zero-order valence-electron chi connectivity index (χ0n) is 37.9. The zero-order chi connectivity index (χ0) is 42.8. The molecule has 3 N–H and O–H groups in total. The van der Waals surface area contributed by atoms with E-state index in [1.165, 1.54) is 102 Å². The first-order chi connectivity index (χ1) is 29.7. The number of nitrogens with zero attached hydrogens (tertiary/aromatic N) is 2. The van der Waals surface area contributed by atoms with E-state index >= 15 is 0 Å². The van der Waals surface area contributed by atoms with Crippen LogP contribution in [-0.2, 0) is 5.54 Å². The van der Waals surface area contributed by atoms with Gasteiger partial charge < -0.3 is 20.9 Å². The summed E-state index contributed by atoms with van der Waals surface area (Å²) in [7, 11) is 0. The molecule has 0 aliphatic heterocycles. The fourth-order valence-corrected chi connectivity index (χ4v) is 9.38. The van der Waals surface area contributed by atoms with Crippen molar-refractivity contribution in [3.05, 3.63) is 167 Å². The molecule has 0 radical (unpaired) electrons. The van der Waals surface area contributed by atoms with Gasteiger partial charge in [-0.2, -0.15) is 0 Å². The fraction of sp³-hybridized carbons (Fsp3) is 0.368. The van der Waals surface area contributed by atoms with Crippen LogP contribution in [0.25, 0.3) is 11.1 Å². The summed E-state index contributed by atoms with van der Waals surface area (Å²) in [6, 6.07) is 49.9. The van der Waals surface area contributed by atoms with Gasteiger partial charge in [0.25, 0.3) is 0 Å². The van der Waals surface area contributed by atoms with Crippen LogP contribution in [0.15, 0.2) is 133 Å². The minimum absolute atomic E-state index is 0.140. The Bertz CT molecular complexity index is 2050. The molecule has 0 heterocycles. The highest BCUT2D eigenvalue weighted by Gasteiger charge is 2.48. The molecular formula is C57H70N4. The Morgan fingerprint density at radius 2 is 0.754 bits per heavy atom. The van der Waals surface area contributed by atoms with E-state index in [0.29, 0.717) is 0 Å². The SMILES string of the molecule is CCCCCCCCNC1(C(N)CCCCCCC)c2cc(N(c3ccc(C)cc3)c3ccc(C)cc3)ccc2-c2ccc(N(c3ccc(C)cc3)c3ccc(C)cc3)cc21. The fourth-order valence-electron chi connectivity index (χ4n) is 9.38. The molecular weight excluding hydrogens is 741 g/mol. The van der Waals surface area contributed by atoms with Crippen molar-refractivity contribution >= 4 is 34.1 Å². The molecule has 6 aromatic carbocycles. The Morgan fingerprint density at radius 3 is 1.13 bits per heavy atom. The number of nitrogens with one attached hydrogen (secondary N) is 1. The molecule has 1 atom stereocenters. The molecule has 0 saturated carbocycles. The summed E-state index contributed by atoms with van der Waals surface area (Å²) in [5.74, 6) is 0. The van der Waals surface area contributed by atoms with Crippen molar-refractivity contribution in [2.24, 2.45) is 5.73 Å². The van der Waals surface area contributed by atoms with Crippen LogP contribution in [0.2, 0.25) is 0 Å². The summed E-state index contributed by atoms with van der Waals surface area (Å²) in [4.78, 5) is 4.83. The van der Waals surface area contributed by atoms with Crippen LogP contribution < -0.4 is 20.9 Å². The molecule has 1 aliphatic rings. The van der Waals surface area contributed by atoms with E-state index in [0.717, 1.165) is 59.9 Å². The van der Waals surface area contributed by atoms with E-state index in [1.807, 2.05) is 0 Å². The van der Waals surface area contributed by atoms with Crippen molar-refractivity contribution in [3.8, 4) is 11.1 Å². The lowest BCUT2D eigenvalue weighted by Crippen LogP contribution is -2.55. The normalized spacial score (nSPS) is 13.2.